The monoisotopic (exact) mass is 260 g/mol. The molecule has 1 aromatic rings. The lowest BCUT2D eigenvalue weighted by Gasteiger charge is -2.36. The molecule has 2 unspecified atom stereocenters. The van der Waals surface area contributed by atoms with Crippen molar-refractivity contribution in [2.45, 2.75) is 64.6 Å². The summed E-state index contributed by atoms with van der Waals surface area (Å²) in [5.41, 5.74) is 9.26. The third-order valence-corrected chi connectivity index (χ3v) is 4.36. The number of hydrogen-bond acceptors (Lipinski definition) is 2. The number of nitrogens with zero attached hydrogens (tertiary/aromatic N) is 1. The first-order valence-electron chi connectivity index (χ1n) is 7.73. The molecule has 1 heterocycles. The Kier molecular flexibility index (Phi) is 5.00. The molecule has 2 atom stereocenters. The van der Waals surface area contributed by atoms with Gasteiger partial charge in [-0.05, 0) is 50.8 Å². The molecule has 0 amide bonds. The van der Waals surface area contributed by atoms with Crippen LogP contribution in [0.15, 0.2) is 24.3 Å². The first-order chi connectivity index (χ1) is 9.13. The molecule has 2 N–H and O–H groups in total. The predicted octanol–water partition coefficient (Wildman–Crippen LogP) is 3.51. The van der Waals surface area contributed by atoms with E-state index in [-0.39, 0.29) is 6.04 Å². The van der Waals surface area contributed by atoms with Gasteiger partial charge in [0.15, 0.2) is 0 Å². The van der Waals surface area contributed by atoms with Crippen molar-refractivity contribution in [1.29, 1.82) is 0 Å². The van der Waals surface area contributed by atoms with Crippen molar-refractivity contribution in [2.24, 2.45) is 5.73 Å². The second-order valence-corrected chi connectivity index (χ2v) is 6.03. The normalized spacial score (nSPS) is 25.5. The second kappa shape index (κ2) is 6.53. The SMILES string of the molecule is CCc1ccc(C2C(N)CCCCN2C(C)C)cc1. The van der Waals surface area contributed by atoms with Gasteiger partial charge in [-0.3, -0.25) is 4.90 Å². The number of rotatable bonds is 3. The summed E-state index contributed by atoms with van der Waals surface area (Å²) in [5.74, 6) is 0. The Morgan fingerprint density at radius 2 is 1.89 bits per heavy atom. The third kappa shape index (κ3) is 3.37. The Balaban J connectivity index is 2.28. The van der Waals surface area contributed by atoms with E-state index in [1.807, 2.05) is 0 Å². The Hall–Kier alpha value is -0.860. The van der Waals surface area contributed by atoms with Crippen molar-refractivity contribution in [2.75, 3.05) is 6.54 Å². The van der Waals surface area contributed by atoms with Gasteiger partial charge in [0, 0.05) is 12.1 Å². The summed E-state index contributed by atoms with van der Waals surface area (Å²) in [6.07, 6.45) is 4.78. The highest BCUT2D eigenvalue weighted by molar-refractivity contribution is 5.26. The van der Waals surface area contributed by atoms with E-state index in [0.717, 1.165) is 12.8 Å². The summed E-state index contributed by atoms with van der Waals surface area (Å²) in [6, 6.07) is 10.3. The molecule has 1 aliphatic rings. The van der Waals surface area contributed by atoms with Gasteiger partial charge in [0.25, 0.3) is 0 Å². The molecule has 2 nitrogen and oxygen atoms in total. The second-order valence-electron chi connectivity index (χ2n) is 6.03. The van der Waals surface area contributed by atoms with Gasteiger partial charge in [0.1, 0.15) is 0 Å². The highest BCUT2D eigenvalue weighted by Gasteiger charge is 2.30. The smallest absolute Gasteiger partial charge is 0.0501 e. The van der Waals surface area contributed by atoms with Gasteiger partial charge in [-0.15, -0.1) is 0 Å². The van der Waals surface area contributed by atoms with Crippen LogP contribution in [0.2, 0.25) is 0 Å². The van der Waals surface area contributed by atoms with Crippen LogP contribution < -0.4 is 5.73 Å². The molecule has 0 spiro atoms. The van der Waals surface area contributed by atoms with Crippen molar-refractivity contribution in [3.8, 4) is 0 Å². The van der Waals surface area contributed by atoms with Crippen LogP contribution in [0.4, 0.5) is 0 Å². The molecule has 1 aromatic carbocycles. The molecule has 0 bridgehead atoms. The summed E-state index contributed by atoms with van der Waals surface area (Å²) in [7, 11) is 0. The maximum absolute atomic E-state index is 6.47. The molecule has 2 rings (SSSR count). The summed E-state index contributed by atoms with van der Waals surface area (Å²) >= 11 is 0. The fourth-order valence-corrected chi connectivity index (χ4v) is 3.19. The maximum Gasteiger partial charge on any atom is 0.0501 e. The molecule has 0 saturated carbocycles. The molecule has 106 valence electrons. The Morgan fingerprint density at radius 3 is 2.47 bits per heavy atom. The Labute approximate surface area is 118 Å². The van der Waals surface area contributed by atoms with Gasteiger partial charge < -0.3 is 5.73 Å². The number of benzene rings is 1. The van der Waals surface area contributed by atoms with Crippen molar-refractivity contribution < 1.29 is 0 Å². The quantitative estimate of drug-likeness (QED) is 0.901. The van der Waals surface area contributed by atoms with Crippen LogP contribution in [-0.2, 0) is 6.42 Å². The van der Waals surface area contributed by atoms with Gasteiger partial charge >= 0.3 is 0 Å². The molecule has 19 heavy (non-hydrogen) atoms. The summed E-state index contributed by atoms with van der Waals surface area (Å²) in [5, 5.41) is 0. The minimum absolute atomic E-state index is 0.261. The average molecular weight is 260 g/mol. The molecule has 2 heteroatoms. The Bertz CT molecular complexity index is 383. The topological polar surface area (TPSA) is 29.3 Å². The average Bonchev–Trinajstić information content (AvgIpc) is 2.61. The fraction of sp³-hybridized carbons (Fsp3) is 0.647. The molecular weight excluding hydrogens is 232 g/mol. The van der Waals surface area contributed by atoms with Crippen molar-refractivity contribution in [1.82, 2.24) is 4.90 Å². The third-order valence-electron chi connectivity index (χ3n) is 4.36. The predicted molar refractivity (Wildman–Crippen MR) is 82.2 cm³/mol. The van der Waals surface area contributed by atoms with Gasteiger partial charge in [-0.25, -0.2) is 0 Å². The van der Waals surface area contributed by atoms with Gasteiger partial charge in [-0.2, -0.15) is 0 Å². The first-order valence-corrected chi connectivity index (χ1v) is 7.73. The van der Waals surface area contributed by atoms with Gasteiger partial charge in [0.05, 0.1) is 6.04 Å². The van der Waals surface area contributed by atoms with E-state index in [4.69, 9.17) is 5.73 Å². The molecule has 0 aromatic heterocycles. The van der Waals surface area contributed by atoms with Crippen LogP contribution in [0.1, 0.15) is 57.2 Å². The first kappa shape index (κ1) is 14.5. The van der Waals surface area contributed by atoms with Gasteiger partial charge in [-0.1, -0.05) is 37.6 Å². The van der Waals surface area contributed by atoms with Crippen LogP contribution in [-0.4, -0.2) is 23.5 Å². The lowest BCUT2D eigenvalue weighted by atomic mass is 9.94. The maximum atomic E-state index is 6.47. The molecule has 1 aliphatic heterocycles. The minimum Gasteiger partial charge on any atom is -0.326 e. The Morgan fingerprint density at radius 1 is 1.21 bits per heavy atom. The van der Waals surface area contributed by atoms with Crippen LogP contribution in [0.25, 0.3) is 0 Å². The van der Waals surface area contributed by atoms with E-state index in [0.29, 0.717) is 12.1 Å². The highest BCUT2D eigenvalue weighted by atomic mass is 15.2. The van der Waals surface area contributed by atoms with Crippen molar-refractivity contribution >= 4 is 0 Å². The van der Waals surface area contributed by atoms with Crippen LogP contribution in [0.5, 0.6) is 0 Å². The van der Waals surface area contributed by atoms with E-state index in [9.17, 15) is 0 Å². The van der Waals surface area contributed by atoms with Crippen LogP contribution in [0, 0.1) is 0 Å². The van der Waals surface area contributed by atoms with Crippen molar-refractivity contribution in [3.05, 3.63) is 35.4 Å². The van der Waals surface area contributed by atoms with E-state index in [1.165, 1.54) is 30.5 Å². The minimum atomic E-state index is 0.261. The summed E-state index contributed by atoms with van der Waals surface area (Å²) < 4.78 is 0. The lowest BCUT2D eigenvalue weighted by Crippen LogP contribution is -2.43. The zero-order valence-electron chi connectivity index (χ0n) is 12.6. The lowest BCUT2D eigenvalue weighted by molar-refractivity contribution is 0.144. The zero-order chi connectivity index (χ0) is 13.8. The molecule has 0 radical (unpaired) electrons. The van der Waals surface area contributed by atoms with Crippen LogP contribution in [0.3, 0.4) is 0 Å². The molecule has 0 aliphatic carbocycles. The van der Waals surface area contributed by atoms with E-state index in [1.54, 1.807) is 0 Å². The number of likely N-dealkylation sites (tertiary alicyclic amines) is 1. The standard InChI is InChI=1S/C17H28N2/c1-4-14-8-10-15(11-9-14)17-16(18)7-5-6-12-19(17)13(2)3/h8-11,13,16-17H,4-7,12,18H2,1-3H3. The number of aryl methyl sites for hydroxylation is 1. The van der Waals surface area contributed by atoms with E-state index >= 15 is 0 Å². The van der Waals surface area contributed by atoms with E-state index in [2.05, 4.69) is 49.9 Å². The molecule has 1 fully saturated rings. The van der Waals surface area contributed by atoms with Crippen LogP contribution >= 0.6 is 0 Å². The summed E-state index contributed by atoms with van der Waals surface area (Å²) in [4.78, 5) is 2.58. The zero-order valence-corrected chi connectivity index (χ0v) is 12.6. The fourth-order valence-electron chi connectivity index (χ4n) is 3.19. The number of hydrogen-bond donors (Lipinski definition) is 1. The van der Waals surface area contributed by atoms with Gasteiger partial charge in [0.2, 0.25) is 0 Å². The largest absolute Gasteiger partial charge is 0.326 e. The number of nitrogens with two attached hydrogens (primary N) is 1. The van der Waals surface area contributed by atoms with Crippen molar-refractivity contribution in [3.63, 3.8) is 0 Å². The molecular formula is C17H28N2. The summed E-state index contributed by atoms with van der Waals surface area (Å²) in [6.45, 7) is 7.94. The molecule has 1 saturated heterocycles. The highest BCUT2D eigenvalue weighted by Crippen LogP contribution is 2.31. The van der Waals surface area contributed by atoms with E-state index < -0.39 is 0 Å².